The van der Waals surface area contributed by atoms with Crippen molar-refractivity contribution in [1.82, 2.24) is 0 Å². The van der Waals surface area contributed by atoms with E-state index >= 15 is 0 Å². The first-order valence-corrected chi connectivity index (χ1v) is 19.7. The molecule has 56 heavy (non-hydrogen) atoms. The molecule has 4 heterocycles. The van der Waals surface area contributed by atoms with E-state index in [0.29, 0.717) is 0 Å². The van der Waals surface area contributed by atoms with Crippen LogP contribution >= 0.6 is 0 Å². The molecule has 4 aliphatic heterocycles. The number of anilines is 7. The minimum atomic E-state index is 0.0106. The van der Waals surface area contributed by atoms with Crippen molar-refractivity contribution in [3.8, 4) is 33.4 Å². The Hall–Kier alpha value is -6.71. The molecule has 0 saturated heterocycles. The first-order chi connectivity index (χ1) is 27.5. The van der Waals surface area contributed by atoms with Crippen molar-refractivity contribution in [2.75, 3.05) is 14.5 Å². The van der Waals surface area contributed by atoms with Gasteiger partial charge in [0.05, 0.1) is 0 Å². The summed E-state index contributed by atoms with van der Waals surface area (Å²) >= 11 is 0. The Labute approximate surface area is 329 Å². The van der Waals surface area contributed by atoms with Crippen LogP contribution in [-0.4, -0.2) is 13.7 Å². The molecule has 0 saturated carbocycles. The molecule has 0 aromatic heterocycles. The maximum atomic E-state index is 2.64. The van der Waals surface area contributed by atoms with Gasteiger partial charge in [0.25, 0.3) is 0 Å². The van der Waals surface area contributed by atoms with Gasteiger partial charge in [-0.2, -0.15) is 0 Å². The summed E-state index contributed by atoms with van der Waals surface area (Å²) in [5, 5.41) is 0. The Bertz CT molecular complexity index is 2900. The average Bonchev–Trinajstić information content (AvgIpc) is 3.23. The van der Waals surface area contributed by atoms with Crippen molar-refractivity contribution >= 4 is 75.4 Å². The molecule has 262 valence electrons. The van der Waals surface area contributed by atoms with Gasteiger partial charge in [0.15, 0.2) is 0 Å². The maximum Gasteiger partial charge on any atom is 0.329 e. The fourth-order valence-corrected chi connectivity index (χ4v) is 10.3. The van der Waals surface area contributed by atoms with Gasteiger partial charge in [-0.1, -0.05) is 114 Å². The zero-order chi connectivity index (χ0) is 37.2. The van der Waals surface area contributed by atoms with E-state index < -0.39 is 0 Å². The predicted octanol–water partition coefficient (Wildman–Crippen LogP) is 10.2. The quantitative estimate of drug-likeness (QED) is 0.169. The lowest BCUT2D eigenvalue weighted by molar-refractivity contribution is 1.27. The van der Waals surface area contributed by atoms with Crippen LogP contribution in [0, 0.1) is 20.8 Å². The molecule has 8 aromatic carbocycles. The van der Waals surface area contributed by atoms with Gasteiger partial charge in [-0.25, -0.2) is 0 Å². The molecule has 0 N–H and O–H groups in total. The lowest BCUT2D eigenvalue weighted by atomic mass is 9.37. The Morgan fingerprint density at radius 2 is 0.804 bits per heavy atom. The molecule has 0 fully saturated rings. The number of para-hydroxylation sites is 2. The molecule has 8 aromatic rings. The van der Waals surface area contributed by atoms with E-state index in [1.807, 2.05) is 0 Å². The third-order valence-corrected chi connectivity index (χ3v) is 12.5. The smallest absolute Gasteiger partial charge is 0.329 e. The van der Waals surface area contributed by atoms with Crippen molar-refractivity contribution in [3.63, 3.8) is 0 Å². The summed E-state index contributed by atoms with van der Waals surface area (Å²) in [6, 6.07) is 63.9. The number of benzene rings is 8. The molecular formula is C51H37B2N3. The van der Waals surface area contributed by atoms with Crippen molar-refractivity contribution in [1.29, 1.82) is 0 Å². The Kier molecular flexibility index (Phi) is 6.58. The second-order valence-corrected chi connectivity index (χ2v) is 15.9. The number of aryl methyl sites for hydroxylation is 3. The van der Waals surface area contributed by atoms with E-state index in [-0.39, 0.29) is 13.7 Å². The van der Waals surface area contributed by atoms with Crippen LogP contribution in [0.1, 0.15) is 16.7 Å². The lowest BCUT2D eigenvalue weighted by Gasteiger charge is -2.50. The van der Waals surface area contributed by atoms with Gasteiger partial charge >= 0.3 is 13.7 Å². The zero-order valence-electron chi connectivity index (χ0n) is 31.7. The summed E-state index contributed by atoms with van der Waals surface area (Å²) in [6.07, 6.45) is 0. The molecule has 0 aliphatic carbocycles. The van der Waals surface area contributed by atoms with Crippen LogP contribution in [0.15, 0.2) is 170 Å². The number of rotatable bonds is 3. The average molecular weight is 714 g/mol. The zero-order valence-corrected chi connectivity index (χ0v) is 31.7. The molecule has 0 bridgehead atoms. The maximum absolute atomic E-state index is 2.64. The Balaban J connectivity index is 1.12. The lowest BCUT2D eigenvalue weighted by Crippen LogP contribution is -2.65. The van der Waals surface area contributed by atoms with Gasteiger partial charge in [-0.15, -0.1) is 0 Å². The highest BCUT2D eigenvalue weighted by atomic mass is 15.1. The van der Waals surface area contributed by atoms with E-state index in [1.165, 1.54) is 94.7 Å². The number of hydrogen-bond donors (Lipinski definition) is 0. The highest BCUT2D eigenvalue weighted by Gasteiger charge is 2.50. The van der Waals surface area contributed by atoms with Crippen LogP contribution in [0.4, 0.5) is 39.8 Å². The number of hydrogen-bond acceptors (Lipinski definition) is 3. The highest BCUT2D eigenvalue weighted by Crippen LogP contribution is 2.54. The molecule has 0 spiro atoms. The molecule has 4 aliphatic rings. The first kappa shape index (κ1) is 31.6. The van der Waals surface area contributed by atoms with Crippen LogP contribution in [-0.2, 0) is 0 Å². The summed E-state index contributed by atoms with van der Waals surface area (Å²) < 4.78 is 0. The second kappa shape index (κ2) is 11.6. The van der Waals surface area contributed by atoms with Gasteiger partial charge in [-0.3, -0.25) is 0 Å². The number of fused-ring (bicyclic) bond motifs is 16. The first-order valence-electron chi connectivity index (χ1n) is 19.7. The predicted molar refractivity (Wildman–Crippen MR) is 239 cm³/mol. The van der Waals surface area contributed by atoms with E-state index in [1.54, 1.807) is 0 Å². The van der Waals surface area contributed by atoms with Gasteiger partial charge in [0.1, 0.15) is 0 Å². The molecule has 0 amide bonds. The van der Waals surface area contributed by atoms with Crippen LogP contribution in [0.3, 0.4) is 0 Å². The van der Waals surface area contributed by atoms with Crippen molar-refractivity contribution in [2.45, 2.75) is 20.8 Å². The van der Waals surface area contributed by atoms with Crippen LogP contribution < -0.4 is 36.4 Å². The van der Waals surface area contributed by atoms with Crippen molar-refractivity contribution in [3.05, 3.63) is 187 Å². The van der Waals surface area contributed by atoms with E-state index in [9.17, 15) is 0 Å². The highest BCUT2D eigenvalue weighted by molar-refractivity contribution is 6.97. The minimum Gasteiger partial charge on any atom is -0.376 e. The Morgan fingerprint density at radius 3 is 1.36 bits per heavy atom. The van der Waals surface area contributed by atoms with Gasteiger partial charge in [0.2, 0.25) is 0 Å². The largest absolute Gasteiger partial charge is 0.376 e. The fraction of sp³-hybridized carbons (Fsp3) is 0.0588. The van der Waals surface area contributed by atoms with Crippen molar-refractivity contribution in [2.24, 2.45) is 0 Å². The third-order valence-electron chi connectivity index (χ3n) is 12.5. The molecule has 0 unspecified atom stereocenters. The molecule has 0 radical (unpaired) electrons. The SMILES string of the molecule is Cc1ccc2c(c1)-c1cc(C)ccc1N1B2c2cccc3c2-c2c1cccc2N1B3c2ccc(N(c3ccccc3)c3ccccc3)cc2-c2cc(C)ccc21. The van der Waals surface area contributed by atoms with E-state index in [4.69, 9.17) is 0 Å². The van der Waals surface area contributed by atoms with E-state index in [0.717, 1.165) is 17.1 Å². The monoisotopic (exact) mass is 713 g/mol. The van der Waals surface area contributed by atoms with Crippen molar-refractivity contribution < 1.29 is 0 Å². The second-order valence-electron chi connectivity index (χ2n) is 15.9. The van der Waals surface area contributed by atoms with E-state index in [2.05, 4.69) is 205 Å². The van der Waals surface area contributed by atoms with Gasteiger partial charge in [-0.05, 0) is 132 Å². The van der Waals surface area contributed by atoms with Gasteiger partial charge in [0, 0.05) is 56.5 Å². The van der Waals surface area contributed by atoms with Crippen LogP contribution in [0.2, 0.25) is 0 Å². The Morgan fingerprint density at radius 1 is 0.339 bits per heavy atom. The fourth-order valence-electron chi connectivity index (χ4n) is 10.3. The molecule has 3 nitrogen and oxygen atoms in total. The number of nitrogens with zero attached hydrogens (tertiary/aromatic N) is 3. The molecular weight excluding hydrogens is 676 g/mol. The summed E-state index contributed by atoms with van der Waals surface area (Å²) in [5.41, 5.74) is 25.7. The topological polar surface area (TPSA) is 9.72 Å². The van der Waals surface area contributed by atoms with Crippen LogP contribution in [0.25, 0.3) is 33.4 Å². The normalized spacial score (nSPS) is 13.5. The standard InChI is InChI=1S/C51H37B2N3/c1-32-20-24-42-38(28-32)40-29-33(2)21-26-46(40)55-48-18-11-19-49-51(48)50-44(52(42)55)16-10-17-45(50)53-43-25-23-37(31-39(43)41-30-34(3)22-27-47(41)56(49)53)54(35-12-6-4-7-13-35)36-14-8-5-9-15-36/h4-31H,1-3H3. The molecule has 5 heteroatoms. The molecule has 12 rings (SSSR count). The summed E-state index contributed by atoms with van der Waals surface area (Å²) in [4.78, 5) is 7.66. The molecule has 0 atom stereocenters. The summed E-state index contributed by atoms with van der Waals surface area (Å²) in [5.74, 6) is 0. The summed E-state index contributed by atoms with van der Waals surface area (Å²) in [6.45, 7) is 6.72. The minimum absolute atomic E-state index is 0.0106. The third kappa shape index (κ3) is 4.31. The van der Waals surface area contributed by atoms with Gasteiger partial charge < -0.3 is 14.5 Å². The van der Waals surface area contributed by atoms with Crippen LogP contribution in [0.5, 0.6) is 0 Å². The summed E-state index contributed by atoms with van der Waals surface area (Å²) in [7, 11) is 0.